The molecule has 2 N–H and O–H groups in total. The van der Waals surface area contributed by atoms with Gasteiger partial charge in [-0.15, -0.1) is 0 Å². The van der Waals surface area contributed by atoms with Crippen molar-refractivity contribution in [1.29, 1.82) is 0 Å². The van der Waals surface area contributed by atoms with E-state index in [9.17, 15) is 0 Å². The molecule has 1 aromatic carbocycles. The molecular formula is C17H17N5. The van der Waals surface area contributed by atoms with Gasteiger partial charge in [-0.05, 0) is 43.9 Å². The third-order valence-corrected chi connectivity index (χ3v) is 3.80. The van der Waals surface area contributed by atoms with Gasteiger partial charge in [0.2, 0.25) is 0 Å². The normalized spacial score (nSPS) is 11.8. The third-order valence-electron chi connectivity index (χ3n) is 3.80. The van der Waals surface area contributed by atoms with Crippen LogP contribution in [0.5, 0.6) is 0 Å². The van der Waals surface area contributed by atoms with Crippen LogP contribution in [-0.2, 0) is 6.54 Å². The molecule has 4 aromatic rings. The van der Waals surface area contributed by atoms with Gasteiger partial charge in [0, 0.05) is 34.9 Å². The molecule has 0 unspecified atom stereocenters. The number of nitrogens with zero attached hydrogens (tertiary/aromatic N) is 3. The number of hydrogen-bond acceptors (Lipinski definition) is 3. The van der Waals surface area contributed by atoms with Crippen molar-refractivity contribution in [3.63, 3.8) is 0 Å². The number of aromatic amines is 2. The molecule has 0 saturated carbocycles. The van der Waals surface area contributed by atoms with E-state index in [0.29, 0.717) is 0 Å². The molecule has 0 aliphatic heterocycles. The van der Waals surface area contributed by atoms with Crippen LogP contribution in [0.1, 0.15) is 5.56 Å². The van der Waals surface area contributed by atoms with Gasteiger partial charge in [-0.3, -0.25) is 0 Å². The number of H-pyrrole nitrogens is 2. The molecule has 0 amide bonds. The summed E-state index contributed by atoms with van der Waals surface area (Å²) in [5.74, 6) is 0. The Bertz CT molecular complexity index is 948. The summed E-state index contributed by atoms with van der Waals surface area (Å²) in [4.78, 5) is 17.3. The largest absolute Gasteiger partial charge is 0.354 e. The smallest absolute Gasteiger partial charge is 0.178 e. The van der Waals surface area contributed by atoms with Gasteiger partial charge >= 0.3 is 0 Å². The Balaban J connectivity index is 1.84. The first-order valence-electron chi connectivity index (χ1n) is 7.25. The topological polar surface area (TPSA) is 60.6 Å². The predicted molar refractivity (Wildman–Crippen MR) is 88.6 cm³/mol. The second-order valence-electron chi connectivity index (χ2n) is 5.80. The van der Waals surface area contributed by atoms with E-state index in [1.807, 2.05) is 6.07 Å². The Labute approximate surface area is 128 Å². The first kappa shape index (κ1) is 13.0. The van der Waals surface area contributed by atoms with E-state index in [1.165, 1.54) is 10.9 Å². The van der Waals surface area contributed by atoms with Crippen molar-refractivity contribution >= 4 is 22.1 Å². The average molecular weight is 291 g/mol. The number of imidazole rings is 1. The van der Waals surface area contributed by atoms with Gasteiger partial charge in [-0.1, -0.05) is 6.07 Å². The van der Waals surface area contributed by atoms with E-state index < -0.39 is 0 Å². The summed E-state index contributed by atoms with van der Waals surface area (Å²) in [6, 6.07) is 10.7. The van der Waals surface area contributed by atoms with E-state index in [2.05, 4.69) is 63.2 Å². The monoisotopic (exact) mass is 291 g/mol. The number of pyridine rings is 1. The second-order valence-corrected chi connectivity index (χ2v) is 5.80. The van der Waals surface area contributed by atoms with Crippen molar-refractivity contribution in [1.82, 2.24) is 24.8 Å². The summed E-state index contributed by atoms with van der Waals surface area (Å²) < 4.78 is 0. The van der Waals surface area contributed by atoms with Crippen LogP contribution in [0.2, 0.25) is 0 Å². The Morgan fingerprint density at radius 1 is 1.09 bits per heavy atom. The molecule has 4 rings (SSSR count). The molecule has 0 atom stereocenters. The summed E-state index contributed by atoms with van der Waals surface area (Å²) in [5.41, 5.74) is 6.32. The number of nitrogens with one attached hydrogen (secondary N) is 2. The fraction of sp³-hybridized carbons (Fsp3) is 0.176. The molecule has 0 saturated heterocycles. The van der Waals surface area contributed by atoms with E-state index in [0.717, 1.165) is 34.5 Å². The molecule has 5 heteroatoms. The minimum absolute atomic E-state index is 0.740. The summed E-state index contributed by atoms with van der Waals surface area (Å²) in [5, 5.41) is 1.22. The van der Waals surface area contributed by atoms with Crippen molar-refractivity contribution < 1.29 is 0 Å². The minimum Gasteiger partial charge on any atom is -0.354 e. The fourth-order valence-corrected chi connectivity index (χ4v) is 2.86. The highest BCUT2D eigenvalue weighted by Crippen LogP contribution is 2.28. The summed E-state index contributed by atoms with van der Waals surface area (Å²) >= 11 is 0. The maximum atomic E-state index is 4.27. The molecule has 110 valence electrons. The number of fused-ring (bicyclic) bond motifs is 2. The van der Waals surface area contributed by atoms with Crippen molar-refractivity contribution in [2.75, 3.05) is 14.1 Å². The highest BCUT2D eigenvalue weighted by molar-refractivity contribution is 5.93. The Hall–Kier alpha value is -2.66. The SMILES string of the molecule is CN(C)Cc1ccc2[nH]c(-c3ccnc4nc[nH]c34)cc2c1. The van der Waals surface area contributed by atoms with Gasteiger partial charge in [0.25, 0.3) is 0 Å². The van der Waals surface area contributed by atoms with Crippen molar-refractivity contribution in [3.05, 3.63) is 48.4 Å². The van der Waals surface area contributed by atoms with Crippen LogP contribution in [0.4, 0.5) is 0 Å². The van der Waals surface area contributed by atoms with Crippen molar-refractivity contribution in [3.8, 4) is 11.3 Å². The Morgan fingerprint density at radius 2 is 2.00 bits per heavy atom. The maximum absolute atomic E-state index is 4.27. The molecule has 0 radical (unpaired) electrons. The molecule has 22 heavy (non-hydrogen) atoms. The van der Waals surface area contributed by atoms with Crippen LogP contribution in [-0.4, -0.2) is 38.9 Å². The zero-order valence-corrected chi connectivity index (χ0v) is 12.6. The molecule has 3 heterocycles. The molecular weight excluding hydrogens is 274 g/mol. The van der Waals surface area contributed by atoms with Crippen LogP contribution >= 0.6 is 0 Å². The van der Waals surface area contributed by atoms with Crippen molar-refractivity contribution in [2.45, 2.75) is 6.54 Å². The molecule has 0 aliphatic carbocycles. The van der Waals surface area contributed by atoms with Gasteiger partial charge in [-0.25, -0.2) is 9.97 Å². The van der Waals surface area contributed by atoms with E-state index >= 15 is 0 Å². The van der Waals surface area contributed by atoms with Gasteiger partial charge in [0.05, 0.1) is 11.8 Å². The fourth-order valence-electron chi connectivity index (χ4n) is 2.86. The first-order valence-corrected chi connectivity index (χ1v) is 7.25. The van der Waals surface area contributed by atoms with Crippen LogP contribution in [0.15, 0.2) is 42.9 Å². The van der Waals surface area contributed by atoms with Gasteiger partial charge in [0.15, 0.2) is 5.65 Å². The maximum Gasteiger partial charge on any atom is 0.178 e. The summed E-state index contributed by atoms with van der Waals surface area (Å²) in [7, 11) is 4.16. The summed E-state index contributed by atoms with van der Waals surface area (Å²) in [6.45, 7) is 0.941. The zero-order valence-electron chi connectivity index (χ0n) is 12.6. The Kier molecular flexibility index (Phi) is 2.94. The number of hydrogen-bond donors (Lipinski definition) is 2. The van der Waals surface area contributed by atoms with Crippen molar-refractivity contribution in [2.24, 2.45) is 0 Å². The molecule has 5 nitrogen and oxygen atoms in total. The van der Waals surface area contributed by atoms with Crippen LogP contribution in [0.3, 0.4) is 0 Å². The molecule has 0 bridgehead atoms. The standard InChI is InChI=1S/C17H17N5/c1-22(2)9-11-3-4-14-12(7-11)8-15(21-14)13-5-6-18-17-16(13)19-10-20-17/h3-8,10,21H,9H2,1-2H3,(H,18,19,20). The lowest BCUT2D eigenvalue weighted by Gasteiger charge is -2.09. The van der Waals surface area contributed by atoms with E-state index in [4.69, 9.17) is 0 Å². The highest BCUT2D eigenvalue weighted by atomic mass is 15.0. The minimum atomic E-state index is 0.740. The van der Waals surface area contributed by atoms with Gasteiger partial charge in [-0.2, -0.15) is 0 Å². The van der Waals surface area contributed by atoms with Gasteiger partial charge < -0.3 is 14.9 Å². The zero-order chi connectivity index (χ0) is 15.1. The quantitative estimate of drug-likeness (QED) is 0.609. The lowest BCUT2D eigenvalue weighted by molar-refractivity contribution is 0.403. The first-order chi connectivity index (χ1) is 10.7. The number of rotatable bonds is 3. The number of aromatic nitrogens is 4. The van der Waals surface area contributed by atoms with E-state index in [-0.39, 0.29) is 0 Å². The van der Waals surface area contributed by atoms with Crippen LogP contribution < -0.4 is 0 Å². The number of benzene rings is 1. The van der Waals surface area contributed by atoms with Crippen LogP contribution in [0, 0.1) is 0 Å². The van der Waals surface area contributed by atoms with Gasteiger partial charge in [0.1, 0.15) is 0 Å². The lowest BCUT2D eigenvalue weighted by atomic mass is 10.1. The van der Waals surface area contributed by atoms with Crippen LogP contribution in [0.25, 0.3) is 33.3 Å². The molecule has 0 spiro atoms. The highest BCUT2D eigenvalue weighted by Gasteiger charge is 2.09. The third kappa shape index (κ3) is 2.16. The average Bonchev–Trinajstić information content (AvgIpc) is 3.11. The lowest BCUT2D eigenvalue weighted by Crippen LogP contribution is -2.10. The summed E-state index contributed by atoms with van der Waals surface area (Å²) in [6.07, 6.45) is 3.47. The van der Waals surface area contributed by atoms with E-state index in [1.54, 1.807) is 12.5 Å². The Morgan fingerprint density at radius 3 is 2.86 bits per heavy atom. The second kappa shape index (κ2) is 4.96. The molecule has 3 aromatic heterocycles. The molecule has 0 fully saturated rings. The molecule has 0 aliphatic rings. The predicted octanol–water partition coefficient (Wildman–Crippen LogP) is 3.17.